The van der Waals surface area contributed by atoms with Gasteiger partial charge in [-0.25, -0.2) is 0 Å². The zero-order valence-electron chi connectivity index (χ0n) is 19.1. The van der Waals surface area contributed by atoms with Gasteiger partial charge >= 0.3 is 0 Å². The van der Waals surface area contributed by atoms with Crippen molar-refractivity contribution in [3.05, 3.63) is 70.0 Å². The first-order chi connectivity index (χ1) is 14.7. The maximum absolute atomic E-state index is 12.8. The molecule has 0 bridgehead atoms. The molecule has 0 N–H and O–H groups in total. The number of hydrogen-bond acceptors (Lipinski definition) is 3. The van der Waals surface area contributed by atoms with Crippen LogP contribution >= 0.6 is 12.4 Å². The minimum absolute atomic E-state index is 0. The molecule has 4 nitrogen and oxygen atoms in total. The second-order valence-electron chi connectivity index (χ2n) is 8.68. The third-order valence-electron chi connectivity index (χ3n) is 6.66. The Balaban J connectivity index is 0.00000181. The number of Topliss-reactive ketones (excluding diaryl/α,β-unsaturated/α-hetero) is 1. The average Bonchev–Trinajstić information content (AvgIpc) is 3.00. The van der Waals surface area contributed by atoms with Crippen LogP contribution in [0.4, 0.5) is 0 Å². The molecule has 1 radical (unpaired) electrons. The van der Waals surface area contributed by atoms with E-state index in [1.54, 1.807) is 7.11 Å². The van der Waals surface area contributed by atoms with Gasteiger partial charge in [0.15, 0.2) is 5.78 Å². The van der Waals surface area contributed by atoms with Crippen LogP contribution in [0.25, 0.3) is 5.32 Å². The molecule has 0 aromatic heterocycles. The summed E-state index contributed by atoms with van der Waals surface area (Å²) in [5.41, 5.74) is 4.97. The molecule has 32 heavy (non-hydrogen) atoms. The summed E-state index contributed by atoms with van der Waals surface area (Å²) in [6.45, 7) is 4.99. The van der Waals surface area contributed by atoms with Crippen molar-refractivity contribution in [1.29, 1.82) is 0 Å². The molecule has 0 saturated carbocycles. The number of fused-ring (bicyclic) bond motifs is 1. The van der Waals surface area contributed by atoms with Crippen molar-refractivity contribution < 1.29 is 53.6 Å². The van der Waals surface area contributed by atoms with Gasteiger partial charge in [-0.3, -0.25) is 9.69 Å². The number of nitrogens with zero attached hydrogens (tertiary/aromatic N) is 2. The summed E-state index contributed by atoms with van der Waals surface area (Å²) in [4.78, 5) is 15.3. The summed E-state index contributed by atoms with van der Waals surface area (Å²) in [6, 6.07) is 14.8. The van der Waals surface area contributed by atoms with Gasteiger partial charge in [-0.05, 0) is 60.1 Å². The number of benzene rings is 2. The molecule has 0 spiro atoms. The molecule has 1 saturated heterocycles. The molecule has 2 aliphatic heterocycles. The van der Waals surface area contributed by atoms with E-state index in [2.05, 4.69) is 40.5 Å². The van der Waals surface area contributed by atoms with Crippen molar-refractivity contribution in [3.63, 3.8) is 0 Å². The van der Waals surface area contributed by atoms with Crippen molar-refractivity contribution >= 4 is 18.2 Å². The van der Waals surface area contributed by atoms with E-state index in [-0.39, 0.29) is 56.5 Å². The smallest absolute Gasteiger partial charge is 0.162 e. The Labute approximate surface area is 234 Å². The predicted octanol–water partition coefficient (Wildman–Crippen LogP) is 5.46. The second kappa shape index (κ2) is 14.1. The third kappa shape index (κ3) is 7.81. The van der Waals surface area contributed by atoms with Gasteiger partial charge in [0, 0.05) is 75.7 Å². The minimum atomic E-state index is 0. The largest absolute Gasteiger partial charge is 0.662 e. The van der Waals surface area contributed by atoms with Crippen LogP contribution in [0.2, 0.25) is 0 Å². The van der Waals surface area contributed by atoms with Crippen LogP contribution in [-0.2, 0) is 19.4 Å². The van der Waals surface area contributed by atoms with Crippen molar-refractivity contribution in [1.82, 2.24) is 4.90 Å². The Bertz CT molecular complexity index is 853. The van der Waals surface area contributed by atoms with Crippen LogP contribution < -0.4 is 4.74 Å². The Morgan fingerprint density at radius 3 is 2.41 bits per heavy atom. The summed E-state index contributed by atoms with van der Waals surface area (Å²) >= 11 is 0. The maximum atomic E-state index is 12.8. The number of carbonyl (C=O) groups excluding carboxylic acids is 1. The monoisotopic (exact) mass is 668 g/mol. The van der Waals surface area contributed by atoms with Crippen molar-refractivity contribution in [3.8, 4) is 5.75 Å². The molecule has 2 aromatic carbocycles. The standard InChI is InChI=1S/C26H33N2O2.Ac.ClH/c1-30-25-7-2-21(3-8-25)19-28-16-12-22-5-6-24(18-23(22)13-17-28)26(29)9-4-20-10-14-27-15-11-20;;/h2-3,5-8,18,20H,4,9-17,19H2,1H3;;1H/q-1;;. The number of ether oxygens (including phenoxy) is 1. The van der Waals surface area contributed by atoms with E-state index in [1.807, 2.05) is 12.1 Å². The summed E-state index contributed by atoms with van der Waals surface area (Å²) < 4.78 is 5.26. The number of ketones is 1. The van der Waals surface area contributed by atoms with E-state index in [9.17, 15) is 4.79 Å². The van der Waals surface area contributed by atoms with Crippen molar-refractivity contribution in [2.24, 2.45) is 5.92 Å². The summed E-state index contributed by atoms with van der Waals surface area (Å²) in [5.74, 6) is 1.89. The van der Waals surface area contributed by atoms with Gasteiger partial charge in [-0.1, -0.05) is 37.1 Å². The molecule has 6 heteroatoms. The van der Waals surface area contributed by atoms with Crippen LogP contribution in [0.15, 0.2) is 42.5 Å². The van der Waals surface area contributed by atoms with Gasteiger partial charge in [-0.15, -0.1) is 25.5 Å². The number of hydrogen-bond donors (Lipinski definition) is 0. The molecule has 2 aromatic rings. The second-order valence-corrected chi connectivity index (χ2v) is 8.68. The maximum Gasteiger partial charge on any atom is 0.162 e. The zero-order chi connectivity index (χ0) is 20.8. The van der Waals surface area contributed by atoms with Gasteiger partial charge in [0.2, 0.25) is 0 Å². The normalized spacial score (nSPS) is 16.8. The molecular formula is C26H34AcClN2O2-. The zero-order valence-corrected chi connectivity index (χ0v) is 24.7. The molecule has 1 fully saturated rings. The van der Waals surface area contributed by atoms with Gasteiger partial charge < -0.3 is 10.1 Å². The van der Waals surface area contributed by atoms with Gasteiger partial charge in [0.25, 0.3) is 0 Å². The molecular weight excluding hydrogens is 635 g/mol. The van der Waals surface area contributed by atoms with Crippen LogP contribution in [0.5, 0.6) is 5.75 Å². The van der Waals surface area contributed by atoms with Gasteiger partial charge in [0.1, 0.15) is 5.75 Å². The topological polar surface area (TPSA) is 43.6 Å². The van der Waals surface area contributed by atoms with Crippen LogP contribution in [0.1, 0.15) is 52.7 Å². The fourth-order valence-corrected chi connectivity index (χ4v) is 4.66. The SMILES string of the molecule is COc1ccc(CN2CCc3ccc(C(=O)CCC4CC[N-]CC4)cc3CC2)cc1.Cl.[Ac]. The Morgan fingerprint density at radius 1 is 1.03 bits per heavy atom. The molecule has 0 atom stereocenters. The van der Waals surface area contributed by atoms with E-state index in [0.717, 1.165) is 76.1 Å². The number of piperidine rings is 1. The molecule has 171 valence electrons. The van der Waals surface area contributed by atoms with E-state index in [4.69, 9.17) is 4.74 Å². The van der Waals surface area contributed by atoms with Crippen LogP contribution in [-0.4, -0.2) is 44.0 Å². The van der Waals surface area contributed by atoms with Crippen molar-refractivity contribution in [2.45, 2.75) is 45.1 Å². The Kier molecular flexibility index (Phi) is 12.2. The van der Waals surface area contributed by atoms with E-state index < -0.39 is 0 Å². The predicted molar refractivity (Wildman–Crippen MR) is 129 cm³/mol. The fourth-order valence-electron chi connectivity index (χ4n) is 4.66. The average molecular weight is 669 g/mol. The number of rotatable bonds is 7. The third-order valence-corrected chi connectivity index (χ3v) is 6.66. The van der Waals surface area contributed by atoms with E-state index >= 15 is 0 Å². The van der Waals surface area contributed by atoms with Gasteiger partial charge in [-0.2, -0.15) is 0 Å². The van der Waals surface area contributed by atoms with Gasteiger partial charge in [0.05, 0.1) is 7.11 Å². The minimum Gasteiger partial charge on any atom is -0.662 e. The van der Waals surface area contributed by atoms with Crippen molar-refractivity contribution in [2.75, 3.05) is 33.3 Å². The number of halogens is 1. The first-order valence-corrected chi connectivity index (χ1v) is 11.3. The summed E-state index contributed by atoms with van der Waals surface area (Å²) in [7, 11) is 1.70. The van der Waals surface area contributed by atoms with Crippen LogP contribution in [0, 0.1) is 50.0 Å². The summed E-state index contributed by atoms with van der Waals surface area (Å²) in [6.07, 6.45) is 6.05. The quantitative estimate of drug-likeness (QED) is 0.368. The first-order valence-electron chi connectivity index (χ1n) is 11.3. The summed E-state index contributed by atoms with van der Waals surface area (Å²) in [5, 5.41) is 4.42. The fraction of sp³-hybridized carbons (Fsp3) is 0.500. The number of carbonyl (C=O) groups is 1. The molecule has 0 amide bonds. The number of methoxy groups -OCH3 is 1. The molecule has 0 unspecified atom stereocenters. The molecule has 2 heterocycles. The van der Waals surface area contributed by atoms with E-state index in [0.29, 0.717) is 18.1 Å². The molecule has 0 aliphatic carbocycles. The first kappa shape index (κ1) is 27.8. The Morgan fingerprint density at radius 2 is 1.72 bits per heavy atom. The van der Waals surface area contributed by atoms with Crippen LogP contribution in [0.3, 0.4) is 0 Å². The molecule has 2 aliphatic rings. The Hall–Kier alpha value is -0.438. The molecule has 4 rings (SSSR count). The van der Waals surface area contributed by atoms with E-state index in [1.165, 1.54) is 16.7 Å².